The highest BCUT2D eigenvalue weighted by Gasteiger charge is 2.21. The van der Waals surface area contributed by atoms with Crippen LogP contribution >= 0.6 is 11.3 Å². The van der Waals surface area contributed by atoms with Crippen LogP contribution in [0.25, 0.3) is 10.7 Å². The Hall–Kier alpha value is -2.22. The fourth-order valence-corrected chi connectivity index (χ4v) is 3.18. The highest BCUT2D eigenvalue weighted by atomic mass is 32.1. The molecule has 25 heavy (non-hydrogen) atoms. The van der Waals surface area contributed by atoms with Crippen molar-refractivity contribution in [1.29, 1.82) is 0 Å². The van der Waals surface area contributed by atoms with E-state index in [4.69, 9.17) is 9.26 Å². The van der Waals surface area contributed by atoms with Gasteiger partial charge in [-0.15, -0.1) is 11.3 Å². The summed E-state index contributed by atoms with van der Waals surface area (Å²) in [7, 11) is 0. The van der Waals surface area contributed by atoms with Gasteiger partial charge in [0.15, 0.2) is 6.61 Å². The van der Waals surface area contributed by atoms with Crippen LogP contribution in [-0.2, 0) is 20.7 Å². The molecule has 8 heteroatoms. The van der Waals surface area contributed by atoms with E-state index in [2.05, 4.69) is 10.1 Å². The van der Waals surface area contributed by atoms with Crippen LogP contribution in [0.2, 0.25) is 0 Å². The fraction of sp³-hybridized carbons (Fsp3) is 0.529. The van der Waals surface area contributed by atoms with Crippen molar-refractivity contribution < 1.29 is 18.8 Å². The summed E-state index contributed by atoms with van der Waals surface area (Å²) in [5, 5.41) is 5.81. The molecule has 1 amide bonds. The number of aromatic nitrogens is 2. The molecule has 0 saturated carbocycles. The van der Waals surface area contributed by atoms with Crippen LogP contribution in [0.1, 0.15) is 40.0 Å². The normalized spacial score (nSPS) is 11.1. The zero-order valence-corrected chi connectivity index (χ0v) is 15.7. The number of carbonyl (C=O) groups is 2. The number of carbonyl (C=O) groups excluding carboxylic acids is 2. The summed E-state index contributed by atoms with van der Waals surface area (Å²) in [4.78, 5) is 30.8. The molecule has 0 saturated heterocycles. The quantitative estimate of drug-likeness (QED) is 0.669. The Kier molecular flexibility index (Phi) is 6.69. The molecular formula is C17H23N3O4S. The van der Waals surface area contributed by atoms with Crippen molar-refractivity contribution in [2.75, 3.05) is 6.61 Å². The summed E-state index contributed by atoms with van der Waals surface area (Å²) >= 11 is 1.51. The molecule has 0 aliphatic carbocycles. The maximum absolute atomic E-state index is 12.1. The maximum atomic E-state index is 12.1. The minimum Gasteiger partial charge on any atom is -0.456 e. The molecule has 7 nitrogen and oxygen atoms in total. The molecule has 2 rings (SSSR count). The predicted molar refractivity (Wildman–Crippen MR) is 94.0 cm³/mol. The largest absolute Gasteiger partial charge is 0.456 e. The average Bonchev–Trinajstić information content (AvgIpc) is 3.20. The van der Waals surface area contributed by atoms with Crippen molar-refractivity contribution in [3.63, 3.8) is 0 Å². The number of aryl methyl sites for hydroxylation is 1. The van der Waals surface area contributed by atoms with Gasteiger partial charge in [-0.25, -0.2) is 0 Å². The van der Waals surface area contributed by atoms with Gasteiger partial charge in [0.05, 0.1) is 11.3 Å². The molecule has 136 valence electrons. The first-order valence-corrected chi connectivity index (χ1v) is 9.09. The summed E-state index contributed by atoms with van der Waals surface area (Å²) < 4.78 is 10.2. The van der Waals surface area contributed by atoms with E-state index in [1.54, 1.807) is 4.90 Å². The van der Waals surface area contributed by atoms with E-state index in [1.165, 1.54) is 11.3 Å². The second-order valence-electron chi connectivity index (χ2n) is 6.14. The van der Waals surface area contributed by atoms with E-state index in [9.17, 15) is 9.59 Å². The number of esters is 1. The second kappa shape index (κ2) is 8.75. The number of rotatable bonds is 8. The highest BCUT2D eigenvalue weighted by molar-refractivity contribution is 7.13. The number of thiophene rings is 1. The van der Waals surface area contributed by atoms with Crippen molar-refractivity contribution >= 4 is 23.2 Å². The number of hydrogen-bond acceptors (Lipinski definition) is 7. The van der Waals surface area contributed by atoms with Gasteiger partial charge in [0.25, 0.3) is 5.91 Å². The Balaban J connectivity index is 1.78. The van der Waals surface area contributed by atoms with E-state index in [-0.39, 0.29) is 37.4 Å². The van der Waals surface area contributed by atoms with Crippen LogP contribution in [0.5, 0.6) is 0 Å². The number of amides is 1. The fourth-order valence-electron chi connectivity index (χ4n) is 2.53. The Morgan fingerprint density at radius 3 is 2.60 bits per heavy atom. The third-order valence-electron chi connectivity index (χ3n) is 3.51. The van der Waals surface area contributed by atoms with E-state index in [1.807, 2.05) is 45.2 Å². The molecule has 0 spiro atoms. The molecule has 0 radical (unpaired) electrons. The summed E-state index contributed by atoms with van der Waals surface area (Å²) in [6.07, 6.45) is 0.367. The van der Waals surface area contributed by atoms with Gasteiger partial charge < -0.3 is 14.2 Å². The lowest BCUT2D eigenvalue weighted by Crippen LogP contribution is -2.44. The van der Waals surface area contributed by atoms with Crippen molar-refractivity contribution in [2.24, 2.45) is 0 Å². The van der Waals surface area contributed by atoms with E-state index in [0.29, 0.717) is 11.7 Å². The molecule has 0 atom stereocenters. The van der Waals surface area contributed by atoms with Gasteiger partial charge >= 0.3 is 5.97 Å². The topological polar surface area (TPSA) is 85.5 Å². The number of nitrogens with zero attached hydrogens (tertiary/aromatic N) is 3. The Bertz CT molecular complexity index is 687. The number of ether oxygens (including phenoxy) is 1. The molecule has 0 N–H and O–H groups in total. The molecule has 2 aromatic heterocycles. The van der Waals surface area contributed by atoms with Gasteiger partial charge in [0, 0.05) is 18.5 Å². The van der Waals surface area contributed by atoms with Crippen molar-refractivity contribution in [3.05, 3.63) is 23.4 Å². The lowest BCUT2D eigenvalue weighted by molar-refractivity contribution is -0.153. The molecule has 0 aliphatic heterocycles. The van der Waals surface area contributed by atoms with E-state index >= 15 is 0 Å². The van der Waals surface area contributed by atoms with Crippen LogP contribution in [0.15, 0.2) is 22.0 Å². The monoisotopic (exact) mass is 365 g/mol. The average molecular weight is 365 g/mol. The number of hydrogen-bond donors (Lipinski definition) is 0. The third kappa shape index (κ3) is 5.38. The van der Waals surface area contributed by atoms with Crippen LogP contribution in [-0.4, -0.2) is 45.6 Å². The van der Waals surface area contributed by atoms with Gasteiger partial charge in [-0.1, -0.05) is 11.2 Å². The lowest BCUT2D eigenvalue weighted by Gasteiger charge is -2.30. The van der Waals surface area contributed by atoms with Gasteiger partial charge in [-0.2, -0.15) is 4.98 Å². The molecule has 0 unspecified atom stereocenters. The molecule has 2 heterocycles. The summed E-state index contributed by atoms with van der Waals surface area (Å²) in [6.45, 7) is 7.47. The molecule has 0 fully saturated rings. The smallest absolute Gasteiger partial charge is 0.306 e. The predicted octanol–water partition coefficient (Wildman–Crippen LogP) is 2.92. The first kappa shape index (κ1) is 19.1. The van der Waals surface area contributed by atoms with Crippen molar-refractivity contribution in [2.45, 2.75) is 52.6 Å². The van der Waals surface area contributed by atoms with Crippen LogP contribution < -0.4 is 0 Å². The van der Waals surface area contributed by atoms with Crippen molar-refractivity contribution in [3.8, 4) is 10.7 Å². The second-order valence-corrected chi connectivity index (χ2v) is 7.09. The summed E-state index contributed by atoms with van der Waals surface area (Å²) in [5.41, 5.74) is 0. The molecule has 0 aliphatic rings. The van der Waals surface area contributed by atoms with Gasteiger partial charge in [-0.05, 0) is 39.1 Å². The molecule has 2 aromatic rings. The Morgan fingerprint density at radius 1 is 1.28 bits per heavy atom. The molecular weight excluding hydrogens is 342 g/mol. The maximum Gasteiger partial charge on any atom is 0.306 e. The minimum absolute atomic E-state index is 0.0558. The highest BCUT2D eigenvalue weighted by Crippen LogP contribution is 2.21. The van der Waals surface area contributed by atoms with Crippen LogP contribution in [0.3, 0.4) is 0 Å². The molecule has 0 aromatic carbocycles. The Morgan fingerprint density at radius 2 is 2.00 bits per heavy atom. The standard InChI is InChI=1S/C17H23N3O4S/c1-11(2)20(12(3)4)15(21)10-23-16(22)8-7-14-18-17(19-24-14)13-6-5-9-25-13/h5-6,9,11-12H,7-8,10H2,1-4H3. The molecule has 0 bridgehead atoms. The lowest BCUT2D eigenvalue weighted by atomic mass is 10.2. The summed E-state index contributed by atoms with van der Waals surface area (Å²) in [6, 6.07) is 3.91. The third-order valence-corrected chi connectivity index (χ3v) is 4.38. The zero-order valence-electron chi connectivity index (χ0n) is 14.9. The minimum atomic E-state index is -0.461. The van der Waals surface area contributed by atoms with Gasteiger partial charge in [0.1, 0.15) is 0 Å². The first-order chi connectivity index (χ1) is 11.9. The Labute approximate surface area is 151 Å². The first-order valence-electron chi connectivity index (χ1n) is 8.21. The summed E-state index contributed by atoms with van der Waals surface area (Å²) in [5.74, 6) is 0.225. The van der Waals surface area contributed by atoms with Crippen molar-refractivity contribution in [1.82, 2.24) is 15.0 Å². The van der Waals surface area contributed by atoms with Gasteiger partial charge in [0.2, 0.25) is 11.7 Å². The van der Waals surface area contributed by atoms with Gasteiger partial charge in [-0.3, -0.25) is 9.59 Å². The zero-order chi connectivity index (χ0) is 18.4. The van der Waals surface area contributed by atoms with Crippen LogP contribution in [0.4, 0.5) is 0 Å². The SMILES string of the molecule is CC(C)N(C(=O)COC(=O)CCc1nc(-c2cccs2)no1)C(C)C. The van der Waals surface area contributed by atoms with E-state index in [0.717, 1.165) is 4.88 Å². The van der Waals surface area contributed by atoms with E-state index < -0.39 is 5.97 Å². The van der Waals surface area contributed by atoms with Crippen LogP contribution in [0, 0.1) is 0 Å².